The SMILES string of the molecule is COC(=O)c1cc(I)c(Oc2ccc(OC)cc2)c(I)c1. The molecular weight excluding hydrogens is 498 g/mol. The average molecular weight is 510 g/mol. The third kappa shape index (κ3) is 4.00. The molecule has 0 spiro atoms. The summed E-state index contributed by atoms with van der Waals surface area (Å²) in [5.74, 6) is 1.83. The Labute approximate surface area is 150 Å². The van der Waals surface area contributed by atoms with Crippen LogP contribution in [0.1, 0.15) is 10.4 Å². The van der Waals surface area contributed by atoms with Crippen LogP contribution >= 0.6 is 45.2 Å². The van der Waals surface area contributed by atoms with E-state index in [9.17, 15) is 4.79 Å². The first-order chi connectivity index (χ1) is 10.0. The van der Waals surface area contributed by atoms with Crippen LogP contribution in [0.3, 0.4) is 0 Å². The Bertz CT molecular complexity index is 630. The van der Waals surface area contributed by atoms with Crippen molar-refractivity contribution in [2.24, 2.45) is 0 Å². The van der Waals surface area contributed by atoms with Gasteiger partial charge in [-0.1, -0.05) is 0 Å². The summed E-state index contributed by atoms with van der Waals surface area (Å²) in [5.41, 5.74) is 0.508. The normalized spacial score (nSPS) is 10.1. The average Bonchev–Trinajstić information content (AvgIpc) is 2.50. The molecule has 0 fully saturated rings. The smallest absolute Gasteiger partial charge is 0.337 e. The molecule has 0 N–H and O–H groups in total. The summed E-state index contributed by atoms with van der Waals surface area (Å²) >= 11 is 4.28. The molecule has 0 bridgehead atoms. The van der Waals surface area contributed by atoms with Gasteiger partial charge >= 0.3 is 5.97 Å². The van der Waals surface area contributed by atoms with Gasteiger partial charge in [0.25, 0.3) is 0 Å². The van der Waals surface area contributed by atoms with E-state index < -0.39 is 0 Å². The zero-order valence-electron chi connectivity index (χ0n) is 11.4. The molecular formula is C15H12I2O4. The number of benzene rings is 2. The highest BCUT2D eigenvalue weighted by Gasteiger charge is 2.14. The van der Waals surface area contributed by atoms with Crippen LogP contribution in [0, 0.1) is 7.14 Å². The van der Waals surface area contributed by atoms with Crippen LogP contribution in [0.4, 0.5) is 0 Å². The Balaban J connectivity index is 2.29. The summed E-state index contributed by atoms with van der Waals surface area (Å²) in [6.07, 6.45) is 0. The third-order valence-corrected chi connectivity index (χ3v) is 4.30. The number of esters is 1. The molecule has 2 aromatic carbocycles. The summed E-state index contributed by atoms with van der Waals surface area (Å²) in [4.78, 5) is 11.6. The minimum absolute atomic E-state index is 0.359. The van der Waals surface area contributed by atoms with Crippen LogP contribution in [-0.2, 0) is 4.74 Å². The topological polar surface area (TPSA) is 44.8 Å². The van der Waals surface area contributed by atoms with Gasteiger partial charge in [0.05, 0.1) is 26.9 Å². The van der Waals surface area contributed by atoms with Gasteiger partial charge in [-0.15, -0.1) is 0 Å². The fourth-order valence-corrected chi connectivity index (χ4v) is 3.64. The summed E-state index contributed by atoms with van der Waals surface area (Å²) in [6.45, 7) is 0. The van der Waals surface area contributed by atoms with Crippen molar-refractivity contribution >= 4 is 51.2 Å². The quantitative estimate of drug-likeness (QED) is 0.450. The van der Waals surface area contributed by atoms with E-state index >= 15 is 0 Å². The molecule has 0 saturated heterocycles. The Morgan fingerprint density at radius 1 is 0.952 bits per heavy atom. The van der Waals surface area contributed by atoms with E-state index in [1.807, 2.05) is 24.3 Å². The second-order valence-corrected chi connectivity index (χ2v) is 6.36. The van der Waals surface area contributed by atoms with Crippen molar-refractivity contribution in [3.63, 3.8) is 0 Å². The molecule has 0 aliphatic carbocycles. The Morgan fingerprint density at radius 2 is 1.48 bits per heavy atom. The number of hydrogen-bond donors (Lipinski definition) is 0. The third-order valence-electron chi connectivity index (χ3n) is 2.70. The first-order valence-electron chi connectivity index (χ1n) is 5.94. The summed E-state index contributed by atoms with van der Waals surface area (Å²) < 4.78 is 17.4. The molecule has 2 rings (SSSR count). The zero-order valence-corrected chi connectivity index (χ0v) is 15.7. The molecule has 0 unspecified atom stereocenters. The zero-order chi connectivity index (χ0) is 15.4. The Morgan fingerprint density at radius 3 is 1.95 bits per heavy atom. The van der Waals surface area contributed by atoms with Gasteiger partial charge in [-0.05, 0) is 81.6 Å². The minimum atomic E-state index is -0.359. The number of methoxy groups -OCH3 is 2. The molecule has 0 aliphatic heterocycles. The van der Waals surface area contributed by atoms with Gasteiger partial charge in [0.2, 0.25) is 0 Å². The van der Waals surface area contributed by atoms with E-state index in [0.717, 1.165) is 12.9 Å². The predicted molar refractivity (Wildman–Crippen MR) is 96.3 cm³/mol. The standard InChI is InChI=1S/C15H12I2O4/c1-19-10-3-5-11(6-4-10)21-14-12(16)7-9(8-13(14)17)15(18)20-2/h3-8H,1-2H3. The van der Waals surface area contributed by atoms with E-state index in [0.29, 0.717) is 17.1 Å². The van der Waals surface area contributed by atoms with E-state index in [2.05, 4.69) is 45.2 Å². The van der Waals surface area contributed by atoms with Gasteiger partial charge in [-0.25, -0.2) is 4.79 Å². The molecule has 0 aliphatic rings. The molecule has 0 atom stereocenters. The van der Waals surface area contributed by atoms with Crippen molar-refractivity contribution in [3.8, 4) is 17.2 Å². The lowest BCUT2D eigenvalue weighted by atomic mass is 10.2. The van der Waals surface area contributed by atoms with E-state index in [1.165, 1.54) is 7.11 Å². The number of carbonyl (C=O) groups is 1. The van der Waals surface area contributed by atoms with Crippen molar-refractivity contribution < 1.29 is 19.0 Å². The van der Waals surface area contributed by atoms with E-state index in [1.54, 1.807) is 19.2 Å². The van der Waals surface area contributed by atoms with Crippen LogP contribution < -0.4 is 9.47 Å². The fraction of sp³-hybridized carbons (Fsp3) is 0.133. The highest BCUT2D eigenvalue weighted by molar-refractivity contribution is 14.1. The maximum absolute atomic E-state index is 11.6. The number of ether oxygens (including phenoxy) is 3. The first-order valence-corrected chi connectivity index (χ1v) is 8.10. The van der Waals surface area contributed by atoms with Gasteiger partial charge in [0.15, 0.2) is 5.75 Å². The van der Waals surface area contributed by atoms with Gasteiger partial charge in [0, 0.05) is 0 Å². The molecule has 2 aromatic rings. The van der Waals surface area contributed by atoms with Crippen LogP contribution in [0.25, 0.3) is 0 Å². The van der Waals surface area contributed by atoms with Crippen LogP contribution in [-0.4, -0.2) is 20.2 Å². The molecule has 6 heteroatoms. The lowest BCUT2D eigenvalue weighted by molar-refractivity contribution is 0.0600. The molecule has 0 heterocycles. The van der Waals surface area contributed by atoms with E-state index in [4.69, 9.17) is 14.2 Å². The number of rotatable bonds is 4. The summed E-state index contributed by atoms with van der Waals surface area (Å²) in [6, 6.07) is 10.8. The molecule has 0 radical (unpaired) electrons. The van der Waals surface area contributed by atoms with Crippen molar-refractivity contribution in [2.45, 2.75) is 0 Å². The maximum Gasteiger partial charge on any atom is 0.337 e. The highest BCUT2D eigenvalue weighted by atomic mass is 127. The van der Waals surface area contributed by atoms with Gasteiger partial charge in [-0.3, -0.25) is 0 Å². The van der Waals surface area contributed by atoms with Crippen LogP contribution in [0.15, 0.2) is 36.4 Å². The van der Waals surface area contributed by atoms with E-state index in [-0.39, 0.29) is 5.97 Å². The predicted octanol–water partition coefficient (Wildman–Crippen LogP) is 4.48. The van der Waals surface area contributed by atoms with Gasteiger partial charge in [0.1, 0.15) is 11.5 Å². The van der Waals surface area contributed by atoms with Crippen molar-refractivity contribution in [2.75, 3.05) is 14.2 Å². The molecule has 0 aromatic heterocycles. The lowest BCUT2D eigenvalue weighted by Crippen LogP contribution is -2.03. The van der Waals surface area contributed by atoms with Crippen molar-refractivity contribution in [1.82, 2.24) is 0 Å². The van der Waals surface area contributed by atoms with Crippen molar-refractivity contribution in [1.29, 1.82) is 0 Å². The molecule has 110 valence electrons. The Kier molecular flexibility index (Phi) is 5.68. The Hall–Kier alpha value is -1.03. The van der Waals surface area contributed by atoms with Crippen LogP contribution in [0.5, 0.6) is 17.2 Å². The molecule has 0 saturated carbocycles. The number of carbonyl (C=O) groups excluding carboxylic acids is 1. The monoisotopic (exact) mass is 510 g/mol. The van der Waals surface area contributed by atoms with Crippen molar-refractivity contribution in [3.05, 3.63) is 49.1 Å². The second-order valence-electron chi connectivity index (χ2n) is 4.04. The largest absolute Gasteiger partial charge is 0.497 e. The number of hydrogen-bond acceptors (Lipinski definition) is 4. The summed E-state index contributed by atoms with van der Waals surface area (Å²) in [5, 5.41) is 0. The van der Waals surface area contributed by atoms with Crippen LogP contribution in [0.2, 0.25) is 0 Å². The first kappa shape index (κ1) is 16.3. The highest BCUT2D eigenvalue weighted by Crippen LogP contribution is 2.33. The minimum Gasteiger partial charge on any atom is -0.497 e. The second kappa shape index (κ2) is 7.30. The maximum atomic E-state index is 11.6. The fourth-order valence-electron chi connectivity index (χ4n) is 1.65. The molecule has 4 nitrogen and oxygen atoms in total. The molecule has 21 heavy (non-hydrogen) atoms. The number of halogens is 2. The van der Waals surface area contributed by atoms with Gasteiger partial charge in [-0.2, -0.15) is 0 Å². The molecule has 0 amide bonds. The van der Waals surface area contributed by atoms with Gasteiger partial charge < -0.3 is 14.2 Å². The lowest BCUT2D eigenvalue weighted by Gasteiger charge is -2.12. The summed E-state index contributed by atoms with van der Waals surface area (Å²) in [7, 11) is 2.98.